The van der Waals surface area contributed by atoms with Gasteiger partial charge in [-0.2, -0.15) is 0 Å². The summed E-state index contributed by atoms with van der Waals surface area (Å²) in [5.41, 5.74) is 7.37. The number of nitrogens with one attached hydrogen (secondary N) is 1. The Labute approximate surface area is 118 Å². The number of benzene rings is 1. The van der Waals surface area contributed by atoms with Crippen LogP contribution >= 0.6 is 0 Å². The summed E-state index contributed by atoms with van der Waals surface area (Å²) in [7, 11) is 0. The van der Waals surface area contributed by atoms with Crippen LogP contribution in [0.25, 0.3) is 0 Å². The maximum Gasteiger partial charge on any atom is 0.225 e. The van der Waals surface area contributed by atoms with Gasteiger partial charge in [0, 0.05) is 19.1 Å². The first-order chi connectivity index (χ1) is 9.59. The number of hydrogen-bond acceptors (Lipinski definition) is 3. The maximum absolute atomic E-state index is 14.3. The van der Waals surface area contributed by atoms with E-state index in [0.717, 1.165) is 24.9 Å². The molecule has 0 radical (unpaired) electrons. The summed E-state index contributed by atoms with van der Waals surface area (Å²) in [6.45, 7) is 3.23. The SMILES string of the molecule is C[C@@H](N)c1cccc(F)c1N1CCCC2C(=O)NCC21. The predicted molar refractivity (Wildman–Crippen MR) is 75.9 cm³/mol. The van der Waals surface area contributed by atoms with Gasteiger partial charge in [0.05, 0.1) is 17.6 Å². The van der Waals surface area contributed by atoms with E-state index in [0.29, 0.717) is 12.2 Å². The van der Waals surface area contributed by atoms with Crippen molar-refractivity contribution >= 4 is 11.6 Å². The molecule has 2 aliphatic heterocycles. The lowest BCUT2D eigenvalue weighted by molar-refractivity contribution is -0.123. The molecular formula is C15H20FN3O. The Hall–Kier alpha value is -1.62. The highest BCUT2D eigenvalue weighted by Crippen LogP contribution is 2.36. The quantitative estimate of drug-likeness (QED) is 0.862. The zero-order valence-electron chi connectivity index (χ0n) is 11.6. The molecule has 108 valence electrons. The highest BCUT2D eigenvalue weighted by molar-refractivity contribution is 5.83. The largest absolute Gasteiger partial charge is 0.363 e. The number of para-hydroxylation sites is 1. The summed E-state index contributed by atoms with van der Waals surface area (Å²) >= 11 is 0. The number of nitrogens with zero attached hydrogens (tertiary/aromatic N) is 1. The van der Waals surface area contributed by atoms with Crippen LogP contribution in [0.1, 0.15) is 31.4 Å². The van der Waals surface area contributed by atoms with E-state index in [4.69, 9.17) is 5.73 Å². The standard InChI is InChI=1S/C15H20FN3O/c1-9(17)10-4-2-6-12(16)14(10)19-7-3-5-11-13(19)8-18-15(11)20/h2,4,6,9,11,13H,3,5,7-8,17H2,1H3,(H,18,20)/t9-,11?,13?/m1/s1. The number of anilines is 1. The lowest BCUT2D eigenvalue weighted by Crippen LogP contribution is -2.46. The topological polar surface area (TPSA) is 58.4 Å². The molecule has 3 atom stereocenters. The van der Waals surface area contributed by atoms with E-state index in [-0.39, 0.29) is 29.7 Å². The summed E-state index contributed by atoms with van der Waals surface area (Å²) < 4.78 is 14.3. The van der Waals surface area contributed by atoms with Crippen molar-refractivity contribution in [2.24, 2.45) is 11.7 Å². The predicted octanol–water partition coefficient (Wildman–Crippen LogP) is 1.56. The fraction of sp³-hybridized carbons (Fsp3) is 0.533. The molecule has 0 aliphatic carbocycles. The molecule has 2 heterocycles. The van der Waals surface area contributed by atoms with Gasteiger partial charge in [-0.15, -0.1) is 0 Å². The van der Waals surface area contributed by atoms with Crippen LogP contribution in [0.15, 0.2) is 18.2 Å². The average molecular weight is 277 g/mol. The molecule has 1 aromatic rings. The zero-order chi connectivity index (χ0) is 14.3. The minimum absolute atomic E-state index is 0.0238. The van der Waals surface area contributed by atoms with Crippen LogP contribution in [0.3, 0.4) is 0 Å². The van der Waals surface area contributed by atoms with Gasteiger partial charge in [-0.3, -0.25) is 4.79 Å². The van der Waals surface area contributed by atoms with Crippen LogP contribution in [0.2, 0.25) is 0 Å². The number of fused-ring (bicyclic) bond motifs is 1. The van der Waals surface area contributed by atoms with Crippen LogP contribution in [0.5, 0.6) is 0 Å². The minimum Gasteiger partial charge on any atom is -0.363 e. The Bertz CT molecular complexity index is 532. The molecule has 0 bridgehead atoms. The fourth-order valence-electron chi connectivity index (χ4n) is 3.43. The molecule has 2 saturated heterocycles. The smallest absolute Gasteiger partial charge is 0.225 e. The molecule has 0 aromatic heterocycles. The second kappa shape index (κ2) is 5.05. The number of nitrogens with two attached hydrogens (primary N) is 1. The maximum atomic E-state index is 14.3. The minimum atomic E-state index is -0.250. The third-order valence-corrected chi connectivity index (χ3v) is 4.40. The second-order valence-corrected chi connectivity index (χ2v) is 5.72. The summed E-state index contributed by atoms with van der Waals surface area (Å²) in [6.07, 6.45) is 1.79. The summed E-state index contributed by atoms with van der Waals surface area (Å²) in [5.74, 6) is -0.178. The van der Waals surface area contributed by atoms with Gasteiger partial charge in [0.1, 0.15) is 5.82 Å². The first-order valence-corrected chi connectivity index (χ1v) is 7.18. The van der Waals surface area contributed by atoms with Crippen LogP contribution in [0.4, 0.5) is 10.1 Å². The van der Waals surface area contributed by atoms with Crippen molar-refractivity contribution in [3.8, 4) is 0 Å². The molecule has 2 unspecified atom stereocenters. The van der Waals surface area contributed by atoms with Gasteiger partial charge in [0.25, 0.3) is 0 Å². The van der Waals surface area contributed by atoms with Gasteiger partial charge in [-0.25, -0.2) is 4.39 Å². The van der Waals surface area contributed by atoms with Crippen molar-refractivity contribution in [3.63, 3.8) is 0 Å². The van der Waals surface area contributed by atoms with Crippen LogP contribution in [0, 0.1) is 11.7 Å². The van der Waals surface area contributed by atoms with Crippen LogP contribution in [-0.4, -0.2) is 25.0 Å². The first-order valence-electron chi connectivity index (χ1n) is 7.18. The second-order valence-electron chi connectivity index (χ2n) is 5.72. The van der Waals surface area contributed by atoms with Crippen molar-refractivity contribution in [3.05, 3.63) is 29.6 Å². The molecule has 20 heavy (non-hydrogen) atoms. The Kier molecular flexibility index (Phi) is 3.38. The number of piperidine rings is 1. The van der Waals surface area contributed by atoms with Crippen molar-refractivity contribution in [2.75, 3.05) is 18.0 Å². The molecule has 1 amide bonds. The highest BCUT2D eigenvalue weighted by Gasteiger charge is 2.42. The van der Waals surface area contributed by atoms with Gasteiger partial charge in [0.15, 0.2) is 0 Å². The van der Waals surface area contributed by atoms with E-state index < -0.39 is 0 Å². The lowest BCUT2D eigenvalue weighted by Gasteiger charge is -2.39. The van der Waals surface area contributed by atoms with Crippen molar-refractivity contribution in [2.45, 2.75) is 31.8 Å². The molecule has 2 fully saturated rings. The summed E-state index contributed by atoms with van der Waals surface area (Å²) in [5, 5.41) is 2.90. The molecule has 1 aromatic carbocycles. The van der Waals surface area contributed by atoms with Gasteiger partial charge < -0.3 is 16.0 Å². The van der Waals surface area contributed by atoms with E-state index in [1.807, 2.05) is 17.9 Å². The summed E-state index contributed by atoms with van der Waals surface area (Å²) in [6, 6.07) is 4.85. The fourth-order valence-corrected chi connectivity index (χ4v) is 3.43. The number of hydrogen-bond donors (Lipinski definition) is 2. The highest BCUT2D eigenvalue weighted by atomic mass is 19.1. The van der Waals surface area contributed by atoms with E-state index in [1.165, 1.54) is 6.07 Å². The van der Waals surface area contributed by atoms with E-state index in [1.54, 1.807) is 6.07 Å². The molecule has 0 saturated carbocycles. The van der Waals surface area contributed by atoms with Gasteiger partial charge in [0.2, 0.25) is 5.91 Å². The number of rotatable bonds is 2. The third kappa shape index (κ3) is 2.06. The molecule has 4 nitrogen and oxygen atoms in total. The lowest BCUT2D eigenvalue weighted by atomic mass is 9.90. The third-order valence-electron chi connectivity index (χ3n) is 4.40. The van der Waals surface area contributed by atoms with E-state index in [2.05, 4.69) is 5.32 Å². The van der Waals surface area contributed by atoms with Crippen molar-refractivity contribution < 1.29 is 9.18 Å². The molecule has 0 spiro atoms. The number of carbonyl (C=O) groups excluding carboxylic acids is 1. The molecule has 5 heteroatoms. The number of carbonyl (C=O) groups is 1. The number of amides is 1. The Morgan fingerprint density at radius 1 is 1.50 bits per heavy atom. The number of halogens is 1. The molecular weight excluding hydrogens is 257 g/mol. The van der Waals surface area contributed by atoms with Gasteiger partial charge in [-0.1, -0.05) is 12.1 Å². The molecule has 3 rings (SSSR count). The average Bonchev–Trinajstić information content (AvgIpc) is 2.80. The van der Waals surface area contributed by atoms with Crippen molar-refractivity contribution in [1.82, 2.24) is 5.32 Å². The molecule has 3 N–H and O–H groups in total. The summed E-state index contributed by atoms with van der Waals surface area (Å²) in [4.78, 5) is 13.9. The van der Waals surface area contributed by atoms with Crippen LogP contribution in [-0.2, 0) is 4.79 Å². The Balaban J connectivity index is 2.02. The van der Waals surface area contributed by atoms with Crippen LogP contribution < -0.4 is 16.0 Å². The first kappa shape index (κ1) is 13.4. The monoisotopic (exact) mass is 277 g/mol. The zero-order valence-corrected chi connectivity index (χ0v) is 11.6. The van der Waals surface area contributed by atoms with E-state index in [9.17, 15) is 9.18 Å². The van der Waals surface area contributed by atoms with Gasteiger partial charge in [-0.05, 0) is 31.4 Å². The van der Waals surface area contributed by atoms with Gasteiger partial charge >= 0.3 is 0 Å². The molecule has 2 aliphatic rings. The Morgan fingerprint density at radius 3 is 3.05 bits per heavy atom. The van der Waals surface area contributed by atoms with Crippen molar-refractivity contribution in [1.29, 1.82) is 0 Å². The normalized spacial score (nSPS) is 27.1. The van der Waals surface area contributed by atoms with E-state index >= 15 is 0 Å². The Morgan fingerprint density at radius 2 is 2.30 bits per heavy atom.